The standard InChI is InChI=1S/C43H24N4O/c1-3-14-30-27(11-1)28-12-2-4-15-31(28)42-40(30)41(26-10-9-21-44-24-26)45-43(46-42)47-35-17-7-5-13-29(35)34-23-33-25(22-36(34)47)19-20-38-39(33)32-16-6-8-18-37(32)48-38/h1-24H. The minimum atomic E-state index is 0.627. The normalized spacial score (nSPS) is 12.2. The predicted molar refractivity (Wildman–Crippen MR) is 197 cm³/mol. The Kier molecular flexibility index (Phi) is 5.05. The summed E-state index contributed by atoms with van der Waals surface area (Å²) in [5, 5.41) is 12.5. The first kappa shape index (κ1) is 25.6. The zero-order chi connectivity index (χ0) is 31.3. The van der Waals surface area contributed by atoms with Crippen molar-refractivity contribution in [3.05, 3.63) is 146 Å². The van der Waals surface area contributed by atoms with E-state index >= 15 is 0 Å². The minimum Gasteiger partial charge on any atom is -0.456 e. The highest BCUT2D eigenvalue weighted by atomic mass is 16.3. The molecule has 0 fully saturated rings. The van der Waals surface area contributed by atoms with Crippen LogP contribution in [-0.2, 0) is 0 Å². The lowest BCUT2D eigenvalue weighted by Gasteiger charge is -2.16. The summed E-state index contributed by atoms with van der Waals surface area (Å²) in [6.45, 7) is 0. The molecule has 11 aromatic rings. The first-order chi connectivity index (χ1) is 23.8. The van der Waals surface area contributed by atoms with Gasteiger partial charge in [0, 0.05) is 50.3 Å². The van der Waals surface area contributed by atoms with Gasteiger partial charge < -0.3 is 4.42 Å². The monoisotopic (exact) mass is 612 g/mol. The SMILES string of the molecule is c1cncc(-c2nc(-n3c4ccccc4c4cc5c(ccc6oc7ccccc7c65)cc43)nc3c4ccccc4c4ccccc4c23)c1. The average molecular weight is 613 g/mol. The summed E-state index contributed by atoms with van der Waals surface area (Å²) in [4.78, 5) is 15.4. The molecule has 0 aliphatic carbocycles. The molecule has 0 N–H and O–H groups in total. The number of rotatable bonds is 2. The Morgan fingerprint density at radius 2 is 1.21 bits per heavy atom. The molecule has 0 aliphatic heterocycles. The Balaban J connectivity index is 1.32. The van der Waals surface area contributed by atoms with Gasteiger partial charge >= 0.3 is 0 Å². The molecule has 7 aromatic carbocycles. The molecule has 5 heteroatoms. The van der Waals surface area contributed by atoms with E-state index in [0.717, 1.165) is 82.1 Å². The van der Waals surface area contributed by atoms with Gasteiger partial charge in [-0.25, -0.2) is 9.97 Å². The molecule has 48 heavy (non-hydrogen) atoms. The summed E-state index contributed by atoms with van der Waals surface area (Å²) < 4.78 is 8.49. The number of pyridine rings is 1. The Hall–Kier alpha value is -6.59. The summed E-state index contributed by atoms with van der Waals surface area (Å²) >= 11 is 0. The van der Waals surface area contributed by atoms with Gasteiger partial charge in [-0.05, 0) is 69.4 Å². The van der Waals surface area contributed by atoms with Crippen molar-refractivity contribution in [2.24, 2.45) is 0 Å². The van der Waals surface area contributed by atoms with E-state index < -0.39 is 0 Å². The Labute approximate surface area is 273 Å². The number of nitrogens with zero attached hydrogens (tertiary/aromatic N) is 4. The van der Waals surface area contributed by atoms with E-state index in [1.165, 1.54) is 16.2 Å². The third kappa shape index (κ3) is 3.42. The van der Waals surface area contributed by atoms with Gasteiger partial charge in [0.15, 0.2) is 0 Å². The van der Waals surface area contributed by atoms with Gasteiger partial charge in [-0.15, -0.1) is 0 Å². The number of aromatic nitrogens is 4. The van der Waals surface area contributed by atoms with Gasteiger partial charge in [-0.3, -0.25) is 9.55 Å². The molecule has 11 rings (SSSR count). The smallest absolute Gasteiger partial charge is 0.235 e. The van der Waals surface area contributed by atoms with Crippen molar-refractivity contribution in [1.29, 1.82) is 0 Å². The van der Waals surface area contributed by atoms with Crippen LogP contribution < -0.4 is 0 Å². The molecule has 0 bridgehead atoms. The highest BCUT2D eigenvalue weighted by Crippen LogP contribution is 2.42. The zero-order valence-corrected chi connectivity index (χ0v) is 25.6. The minimum absolute atomic E-state index is 0.627. The maximum absolute atomic E-state index is 6.27. The molecule has 0 spiro atoms. The van der Waals surface area contributed by atoms with Crippen molar-refractivity contribution >= 4 is 87.0 Å². The zero-order valence-electron chi connectivity index (χ0n) is 25.6. The molecule has 0 amide bonds. The molecular weight excluding hydrogens is 589 g/mol. The summed E-state index contributed by atoms with van der Waals surface area (Å²) in [5.74, 6) is 0.627. The second-order valence-electron chi connectivity index (χ2n) is 12.4. The van der Waals surface area contributed by atoms with E-state index in [0.29, 0.717) is 5.95 Å². The molecule has 0 atom stereocenters. The first-order valence-corrected chi connectivity index (χ1v) is 16.1. The lowest BCUT2D eigenvalue weighted by atomic mass is 9.95. The Bertz CT molecular complexity index is 3120. The van der Waals surface area contributed by atoms with Crippen LogP contribution in [0.4, 0.5) is 0 Å². The molecule has 222 valence electrons. The molecule has 4 heterocycles. The predicted octanol–water partition coefficient (Wildman–Crippen LogP) is 11.1. The van der Waals surface area contributed by atoms with E-state index in [2.05, 4.69) is 125 Å². The van der Waals surface area contributed by atoms with E-state index in [4.69, 9.17) is 14.4 Å². The van der Waals surface area contributed by atoms with Crippen LogP contribution in [0.2, 0.25) is 0 Å². The summed E-state index contributed by atoms with van der Waals surface area (Å²) in [6.07, 6.45) is 3.70. The largest absolute Gasteiger partial charge is 0.456 e. The molecule has 0 aliphatic rings. The van der Waals surface area contributed by atoms with Crippen LogP contribution in [0.25, 0.3) is 104 Å². The molecule has 0 unspecified atom stereocenters. The fraction of sp³-hybridized carbons (Fsp3) is 0. The van der Waals surface area contributed by atoms with Crippen LogP contribution in [0, 0.1) is 0 Å². The van der Waals surface area contributed by atoms with E-state index in [9.17, 15) is 0 Å². The van der Waals surface area contributed by atoms with Gasteiger partial charge in [-0.1, -0.05) is 91.0 Å². The number of para-hydroxylation sites is 2. The Morgan fingerprint density at radius 1 is 0.479 bits per heavy atom. The van der Waals surface area contributed by atoms with Crippen molar-refractivity contribution in [3.63, 3.8) is 0 Å². The lowest BCUT2D eigenvalue weighted by molar-refractivity contribution is 0.669. The second kappa shape index (κ2) is 9.47. The van der Waals surface area contributed by atoms with E-state index in [1.807, 2.05) is 24.4 Å². The maximum atomic E-state index is 6.27. The Morgan fingerprint density at radius 3 is 2.04 bits per heavy atom. The van der Waals surface area contributed by atoms with Crippen molar-refractivity contribution < 1.29 is 4.42 Å². The summed E-state index contributed by atoms with van der Waals surface area (Å²) in [5.41, 5.74) is 6.64. The van der Waals surface area contributed by atoms with Gasteiger partial charge in [0.25, 0.3) is 0 Å². The molecule has 0 saturated heterocycles. The van der Waals surface area contributed by atoms with Gasteiger partial charge in [0.1, 0.15) is 11.2 Å². The van der Waals surface area contributed by atoms with Crippen molar-refractivity contribution in [2.75, 3.05) is 0 Å². The van der Waals surface area contributed by atoms with Crippen LogP contribution in [0.5, 0.6) is 0 Å². The number of hydrogen-bond acceptors (Lipinski definition) is 4. The van der Waals surface area contributed by atoms with E-state index in [1.54, 1.807) is 6.20 Å². The highest BCUT2D eigenvalue weighted by molar-refractivity contribution is 6.27. The topological polar surface area (TPSA) is 56.7 Å². The fourth-order valence-corrected chi connectivity index (χ4v) is 7.80. The first-order valence-electron chi connectivity index (χ1n) is 16.1. The van der Waals surface area contributed by atoms with Crippen LogP contribution in [0.1, 0.15) is 0 Å². The summed E-state index contributed by atoms with van der Waals surface area (Å²) in [7, 11) is 0. The fourth-order valence-electron chi connectivity index (χ4n) is 7.80. The third-order valence-corrected chi connectivity index (χ3v) is 9.85. The third-order valence-electron chi connectivity index (χ3n) is 9.85. The van der Waals surface area contributed by atoms with Gasteiger partial charge in [0.05, 0.1) is 22.2 Å². The van der Waals surface area contributed by atoms with Gasteiger partial charge in [0.2, 0.25) is 5.95 Å². The average Bonchev–Trinajstić information content (AvgIpc) is 3.69. The van der Waals surface area contributed by atoms with Gasteiger partial charge in [-0.2, -0.15) is 0 Å². The number of furan rings is 1. The molecule has 4 aromatic heterocycles. The quantitative estimate of drug-likeness (QED) is 0.182. The number of benzene rings is 7. The maximum Gasteiger partial charge on any atom is 0.235 e. The molecule has 0 saturated carbocycles. The van der Waals surface area contributed by atoms with Crippen molar-refractivity contribution in [1.82, 2.24) is 19.5 Å². The summed E-state index contributed by atoms with van der Waals surface area (Å²) in [6, 6.07) is 46.8. The van der Waals surface area contributed by atoms with Crippen molar-refractivity contribution in [3.8, 4) is 17.2 Å². The number of fused-ring (bicyclic) bond motifs is 14. The van der Waals surface area contributed by atoms with Crippen LogP contribution in [-0.4, -0.2) is 19.5 Å². The molecule has 0 radical (unpaired) electrons. The van der Waals surface area contributed by atoms with E-state index in [-0.39, 0.29) is 0 Å². The molecule has 5 nitrogen and oxygen atoms in total. The lowest BCUT2D eigenvalue weighted by Crippen LogP contribution is -2.04. The molecular formula is C43H24N4O. The highest BCUT2D eigenvalue weighted by Gasteiger charge is 2.21. The van der Waals surface area contributed by atoms with Crippen molar-refractivity contribution in [2.45, 2.75) is 0 Å². The van der Waals surface area contributed by atoms with Crippen LogP contribution in [0.3, 0.4) is 0 Å². The van der Waals surface area contributed by atoms with Crippen LogP contribution >= 0.6 is 0 Å². The number of hydrogen-bond donors (Lipinski definition) is 0. The second-order valence-corrected chi connectivity index (χ2v) is 12.4. The van der Waals surface area contributed by atoms with Crippen LogP contribution in [0.15, 0.2) is 150 Å².